The maximum Gasteiger partial charge on any atom is 0.631 e. The Morgan fingerprint density at radius 2 is 1.44 bits per heavy atom. The number of carbonyl (C=O) groups excluding carboxylic acids is 1. The number of para-hydroxylation sites is 1. The third kappa shape index (κ3) is 22.1. The molecule has 0 saturated carbocycles. The van der Waals surface area contributed by atoms with Crippen LogP contribution in [-0.2, 0) is 16.0 Å². The van der Waals surface area contributed by atoms with Crippen molar-refractivity contribution in [2.24, 2.45) is 0 Å². The summed E-state index contributed by atoms with van der Waals surface area (Å²) in [4.78, 5) is 17.9. The van der Waals surface area contributed by atoms with Crippen LogP contribution in [0.1, 0.15) is 57.4 Å². The third-order valence-electron chi connectivity index (χ3n) is 3.14. The zero-order valence-electron chi connectivity index (χ0n) is 14.7. The van der Waals surface area contributed by atoms with E-state index >= 15 is 0 Å². The van der Waals surface area contributed by atoms with Gasteiger partial charge in [0, 0.05) is 0 Å². The highest BCUT2D eigenvalue weighted by atomic mass is 16.5. The number of unbranched alkanes of at least 4 members (excludes halogenated alkanes) is 6. The minimum atomic E-state index is -2.17. The number of carbonyl (C=O) groups is 2. The molecule has 0 saturated heterocycles. The van der Waals surface area contributed by atoms with Crippen molar-refractivity contribution in [3.05, 3.63) is 29.8 Å². The molecule has 25 heavy (non-hydrogen) atoms. The van der Waals surface area contributed by atoms with Gasteiger partial charge in [-0.15, -0.1) is 0 Å². The Bertz CT molecular complexity index is 450. The van der Waals surface area contributed by atoms with Gasteiger partial charge in [0.1, 0.15) is 5.75 Å². The first-order valence-corrected chi connectivity index (χ1v) is 8.34. The Kier molecular flexibility index (Phi) is 18.7. The average molecular weight is 356 g/mol. The van der Waals surface area contributed by atoms with Gasteiger partial charge in [-0.2, -0.15) is 0 Å². The van der Waals surface area contributed by atoms with Crippen LogP contribution in [0, 0.1) is 0 Å². The van der Waals surface area contributed by atoms with E-state index in [-0.39, 0.29) is 6.29 Å². The van der Waals surface area contributed by atoms with Gasteiger partial charge in [-0.05, 0) is 24.5 Å². The van der Waals surface area contributed by atoms with Crippen LogP contribution in [0.4, 0.5) is 0 Å². The summed E-state index contributed by atoms with van der Waals surface area (Å²) < 4.78 is 0. The molecule has 1 aromatic carbocycles. The molecule has 0 bridgehead atoms. The number of carboxylic acid groups (broad SMARTS) is 1. The van der Waals surface area contributed by atoms with Gasteiger partial charge in [0.05, 0.1) is 0 Å². The van der Waals surface area contributed by atoms with E-state index in [9.17, 15) is 5.11 Å². The molecule has 1 rings (SSSR count). The summed E-state index contributed by atoms with van der Waals surface area (Å²) in [5.74, 6) is -0.974. The van der Waals surface area contributed by atoms with Crippen LogP contribution in [0.25, 0.3) is 0 Å². The number of carboxylic acids is 1. The molecule has 0 radical (unpaired) electrons. The molecule has 142 valence electrons. The van der Waals surface area contributed by atoms with Crippen molar-refractivity contribution in [3.8, 4) is 5.75 Å². The molecule has 0 spiro atoms. The van der Waals surface area contributed by atoms with E-state index < -0.39 is 13.3 Å². The van der Waals surface area contributed by atoms with Crippen molar-refractivity contribution in [2.75, 3.05) is 0 Å². The first kappa shape index (κ1) is 25.3. The fourth-order valence-corrected chi connectivity index (χ4v) is 1.99. The molecule has 0 fully saturated rings. The van der Waals surface area contributed by atoms with Gasteiger partial charge in [0.15, 0.2) is 0 Å². The first-order chi connectivity index (χ1) is 11.8. The lowest BCUT2D eigenvalue weighted by Crippen LogP contribution is -2.07. The van der Waals surface area contributed by atoms with Crippen LogP contribution in [0.2, 0.25) is 0 Å². The number of phenols is 1. The van der Waals surface area contributed by atoms with E-state index in [0.29, 0.717) is 5.75 Å². The molecule has 1 aromatic rings. The molecule has 0 heterocycles. The zero-order chi connectivity index (χ0) is 19.5. The molecule has 7 nitrogen and oxygen atoms in total. The zero-order valence-corrected chi connectivity index (χ0v) is 14.7. The lowest BCUT2D eigenvalue weighted by molar-refractivity contribution is -0.143. The quantitative estimate of drug-likeness (QED) is 0.197. The van der Waals surface area contributed by atoms with E-state index in [2.05, 4.69) is 6.92 Å². The number of aromatic hydroxyl groups is 1. The molecule has 0 amide bonds. The second-order valence-electron chi connectivity index (χ2n) is 5.30. The topological polar surface area (TPSA) is 135 Å². The van der Waals surface area contributed by atoms with Gasteiger partial charge in [-0.3, -0.25) is 4.79 Å². The number of aliphatic carboxylic acids is 1. The fourth-order valence-electron chi connectivity index (χ4n) is 1.99. The Morgan fingerprint density at radius 3 is 1.88 bits per heavy atom. The minimum absolute atomic E-state index is 0.167. The summed E-state index contributed by atoms with van der Waals surface area (Å²) in [7, 11) is -2.17. The predicted molar refractivity (Wildman–Crippen MR) is 95.9 cm³/mol. The summed E-state index contributed by atoms with van der Waals surface area (Å²) in [6.07, 6.45) is 10.1. The van der Waals surface area contributed by atoms with Gasteiger partial charge in [-0.1, -0.05) is 63.6 Å². The summed E-state index contributed by atoms with van der Waals surface area (Å²) in [6.45, 7) is 2.25. The molecule has 8 heteroatoms. The van der Waals surface area contributed by atoms with Gasteiger partial charge >= 0.3 is 13.3 Å². The molecule has 5 N–H and O–H groups in total. The Morgan fingerprint density at radius 1 is 1.00 bits per heavy atom. The van der Waals surface area contributed by atoms with Crippen molar-refractivity contribution >= 4 is 19.6 Å². The van der Waals surface area contributed by atoms with Crippen molar-refractivity contribution in [3.63, 3.8) is 0 Å². The van der Waals surface area contributed by atoms with Crippen molar-refractivity contribution in [1.29, 1.82) is 0 Å². The number of hydrogen-bond acceptors (Lipinski definition) is 6. The Hall–Kier alpha value is -1.90. The lowest BCUT2D eigenvalue weighted by atomic mass is 10.0. The maximum absolute atomic E-state index is 9.58. The van der Waals surface area contributed by atoms with Crippen molar-refractivity contribution in [1.82, 2.24) is 0 Å². The standard InChI is InChI=1S/C15H24O.C2H2O3.BH3O3/c1-2-3-4-5-6-7-8-11-14-12-9-10-13-15(14)16;3-1-2(4)5;2-1(3)4/h9-10,12-13,16H,2-8,11H2,1H3;1H,(H,4,5);2-4H. The van der Waals surface area contributed by atoms with Gasteiger partial charge in [-0.25, -0.2) is 4.79 Å². The van der Waals surface area contributed by atoms with Gasteiger partial charge < -0.3 is 25.3 Å². The summed E-state index contributed by atoms with van der Waals surface area (Å²) in [6, 6.07) is 7.67. The van der Waals surface area contributed by atoms with Crippen LogP contribution in [-0.4, -0.2) is 44.9 Å². The molecule has 0 unspecified atom stereocenters. The summed E-state index contributed by atoms with van der Waals surface area (Å²) >= 11 is 0. The molecule has 0 aliphatic rings. The lowest BCUT2D eigenvalue weighted by Gasteiger charge is -2.04. The average Bonchev–Trinajstić information content (AvgIpc) is 2.55. The Labute approximate surface area is 149 Å². The third-order valence-corrected chi connectivity index (χ3v) is 3.14. The predicted octanol–water partition coefficient (Wildman–Crippen LogP) is 1.90. The van der Waals surface area contributed by atoms with Crippen LogP contribution < -0.4 is 0 Å². The number of benzene rings is 1. The number of phenolic OH excluding ortho intramolecular Hbond substituents is 1. The molecular formula is C17H29BO7. The van der Waals surface area contributed by atoms with Crippen LogP contribution >= 0.6 is 0 Å². The van der Waals surface area contributed by atoms with Crippen LogP contribution in [0.3, 0.4) is 0 Å². The van der Waals surface area contributed by atoms with Crippen molar-refractivity contribution in [2.45, 2.75) is 58.3 Å². The second-order valence-corrected chi connectivity index (χ2v) is 5.30. The monoisotopic (exact) mass is 356 g/mol. The normalized spacial score (nSPS) is 9.12. The molecular weight excluding hydrogens is 327 g/mol. The highest BCUT2D eigenvalue weighted by Gasteiger charge is 1.98. The molecule has 0 aliphatic carbocycles. The summed E-state index contributed by atoms with van der Waals surface area (Å²) in [5, 5.41) is 38.4. The van der Waals surface area contributed by atoms with E-state index in [1.807, 2.05) is 18.2 Å². The fraction of sp³-hybridized carbons (Fsp3) is 0.529. The van der Waals surface area contributed by atoms with Crippen LogP contribution in [0.5, 0.6) is 5.75 Å². The number of hydrogen-bond donors (Lipinski definition) is 5. The van der Waals surface area contributed by atoms with Gasteiger partial charge in [0.2, 0.25) is 6.29 Å². The SMILES string of the molecule is CCCCCCCCCc1ccccc1O.O=CC(=O)O.OB(O)O. The molecule has 0 aliphatic heterocycles. The van der Waals surface area contributed by atoms with Crippen molar-refractivity contribution < 1.29 is 34.9 Å². The second kappa shape index (κ2) is 18.4. The highest BCUT2D eigenvalue weighted by molar-refractivity contribution is 6.30. The van der Waals surface area contributed by atoms with Crippen LogP contribution in [0.15, 0.2) is 24.3 Å². The molecule has 0 aromatic heterocycles. The maximum atomic E-state index is 9.58. The summed E-state index contributed by atoms with van der Waals surface area (Å²) in [5.41, 5.74) is 1.09. The smallest absolute Gasteiger partial charge is 0.508 e. The number of aldehydes is 1. The van der Waals surface area contributed by atoms with E-state index in [1.165, 1.54) is 44.9 Å². The largest absolute Gasteiger partial charge is 0.631 e. The van der Waals surface area contributed by atoms with Gasteiger partial charge in [0.25, 0.3) is 0 Å². The number of aryl methyl sites for hydroxylation is 1. The molecule has 0 atom stereocenters. The minimum Gasteiger partial charge on any atom is -0.508 e. The van der Waals surface area contributed by atoms with E-state index in [0.717, 1.165) is 12.0 Å². The van der Waals surface area contributed by atoms with E-state index in [1.54, 1.807) is 6.07 Å². The first-order valence-electron chi connectivity index (χ1n) is 8.34. The highest BCUT2D eigenvalue weighted by Crippen LogP contribution is 2.18. The Balaban J connectivity index is 0. The number of rotatable bonds is 9. The van der Waals surface area contributed by atoms with E-state index in [4.69, 9.17) is 29.8 Å².